The number of hydrogen-bond donors (Lipinski definition) is 1. The summed E-state index contributed by atoms with van der Waals surface area (Å²) in [6.07, 6.45) is 1.62. The number of halogens is 1. The first-order valence-corrected chi connectivity index (χ1v) is 9.16. The fourth-order valence-electron chi connectivity index (χ4n) is 2.09. The monoisotopic (exact) mass is 365 g/mol. The molecule has 1 aromatic heterocycles. The molecule has 0 aliphatic heterocycles. The standard InChI is InChI=1S/C17H20FN3O3S/c1-12(25(23,24)15-7-5-14(18)6-8-15)17(22)20-11-13-4-9-16(19-10-13)21(2)3/h4-10,12H,11H2,1-3H3,(H,20,22). The smallest absolute Gasteiger partial charge is 0.238 e. The summed E-state index contributed by atoms with van der Waals surface area (Å²) in [5.74, 6) is -0.381. The van der Waals surface area contributed by atoms with Crippen LogP contribution in [0.15, 0.2) is 47.5 Å². The SMILES string of the molecule is CC(C(=O)NCc1ccc(N(C)C)nc1)S(=O)(=O)c1ccc(F)cc1. The van der Waals surface area contributed by atoms with E-state index in [4.69, 9.17) is 0 Å². The van der Waals surface area contributed by atoms with Crippen LogP contribution in [0.1, 0.15) is 12.5 Å². The number of amides is 1. The summed E-state index contributed by atoms with van der Waals surface area (Å²) in [4.78, 5) is 18.2. The lowest BCUT2D eigenvalue weighted by atomic mass is 10.2. The highest BCUT2D eigenvalue weighted by molar-refractivity contribution is 7.92. The van der Waals surface area contributed by atoms with E-state index >= 15 is 0 Å². The summed E-state index contributed by atoms with van der Waals surface area (Å²) in [5, 5.41) is 1.30. The van der Waals surface area contributed by atoms with Gasteiger partial charge in [-0.25, -0.2) is 17.8 Å². The second kappa shape index (κ2) is 7.60. The summed E-state index contributed by atoms with van der Waals surface area (Å²) >= 11 is 0. The van der Waals surface area contributed by atoms with Gasteiger partial charge in [0.05, 0.1) is 4.90 Å². The summed E-state index contributed by atoms with van der Waals surface area (Å²) in [7, 11) is -0.145. The Balaban J connectivity index is 2.03. The van der Waals surface area contributed by atoms with E-state index in [1.54, 1.807) is 12.3 Å². The Morgan fingerprint density at radius 2 is 1.84 bits per heavy atom. The van der Waals surface area contributed by atoms with Crippen LogP contribution in [0.4, 0.5) is 10.2 Å². The topological polar surface area (TPSA) is 79.4 Å². The van der Waals surface area contributed by atoms with E-state index in [9.17, 15) is 17.6 Å². The predicted octanol–water partition coefficient (Wildman–Crippen LogP) is 1.77. The minimum Gasteiger partial charge on any atom is -0.363 e. The third kappa shape index (κ3) is 4.54. The summed E-state index contributed by atoms with van der Waals surface area (Å²) in [6, 6.07) is 8.02. The molecule has 8 heteroatoms. The fourth-order valence-corrected chi connectivity index (χ4v) is 3.38. The third-order valence-corrected chi connectivity index (χ3v) is 5.79. The minimum absolute atomic E-state index is 0.0893. The highest BCUT2D eigenvalue weighted by Gasteiger charge is 2.29. The molecule has 0 radical (unpaired) electrons. The molecule has 0 saturated heterocycles. The van der Waals surface area contributed by atoms with Crippen LogP contribution >= 0.6 is 0 Å². The van der Waals surface area contributed by atoms with Gasteiger partial charge in [-0.1, -0.05) is 6.07 Å². The van der Waals surface area contributed by atoms with Gasteiger partial charge in [0.1, 0.15) is 16.9 Å². The Morgan fingerprint density at radius 1 is 1.20 bits per heavy atom. The number of aromatic nitrogens is 1. The number of nitrogens with zero attached hydrogens (tertiary/aromatic N) is 2. The van der Waals surface area contributed by atoms with Crippen LogP contribution in [-0.4, -0.2) is 38.7 Å². The fraction of sp³-hybridized carbons (Fsp3) is 0.294. The Morgan fingerprint density at radius 3 is 2.36 bits per heavy atom. The second-order valence-electron chi connectivity index (χ2n) is 5.78. The molecular weight excluding hydrogens is 345 g/mol. The van der Waals surface area contributed by atoms with Crippen LogP contribution in [0.5, 0.6) is 0 Å². The van der Waals surface area contributed by atoms with Crippen LogP contribution in [0.2, 0.25) is 0 Å². The molecule has 25 heavy (non-hydrogen) atoms. The Kier molecular flexibility index (Phi) is 5.73. The Bertz CT molecular complexity index is 834. The van der Waals surface area contributed by atoms with E-state index in [0.29, 0.717) is 0 Å². The van der Waals surface area contributed by atoms with Crippen LogP contribution in [0.3, 0.4) is 0 Å². The quantitative estimate of drug-likeness (QED) is 0.789. The minimum atomic E-state index is -3.88. The van der Waals surface area contributed by atoms with Gasteiger partial charge < -0.3 is 10.2 Å². The first-order chi connectivity index (χ1) is 11.7. The average molecular weight is 365 g/mol. The lowest BCUT2D eigenvalue weighted by Gasteiger charge is -2.14. The number of nitrogens with one attached hydrogen (secondary N) is 1. The Labute approximate surface area is 146 Å². The van der Waals surface area contributed by atoms with Crippen molar-refractivity contribution in [2.24, 2.45) is 0 Å². The summed E-state index contributed by atoms with van der Waals surface area (Å²) in [6.45, 7) is 1.48. The van der Waals surface area contributed by atoms with Crippen LogP contribution in [-0.2, 0) is 21.2 Å². The molecule has 1 unspecified atom stereocenters. The van der Waals surface area contributed by atoms with Crippen LogP contribution < -0.4 is 10.2 Å². The highest BCUT2D eigenvalue weighted by atomic mass is 32.2. The number of rotatable bonds is 6. The van der Waals surface area contributed by atoms with Gasteiger partial charge in [-0.05, 0) is 42.8 Å². The van der Waals surface area contributed by atoms with Crippen LogP contribution in [0, 0.1) is 5.82 Å². The maximum atomic E-state index is 12.9. The molecule has 1 amide bonds. The summed E-state index contributed by atoms with van der Waals surface area (Å²) < 4.78 is 37.8. The van der Waals surface area contributed by atoms with Crippen molar-refractivity contribution in [3.05, 3.63) is 54.0 Å². The first kappa shape index (κ1) is 18.9. The number of benzene rings is 1. The lowest BCUT2D eigenvalue weighted by molar-refractivity contribution is -0.120. The second-order valence-corrected chi connectivity index (χ2v) is 8.05. The van der Waals surface area contributed by atoms with Gasteiger partial charge in [0.15, 0.2) is 9.84 Å². The third-order valence-electron chi connectivity index (χ3n) is 3.71. The predicted molar refractivity (Wildman–Crippen MR) is 93.5 cm³/mol. The van der Waals surface area contributed by atoms with Gasteiger partial charge in [0.25, 0.3) is 0 Å². The van der Waals surface area contributed by atoms with Crippen molar-refractivity contribution in [3.63, 3.8) is 0 Å². The molecule has 2 aromatic rings. The Hall–Kier alpha value is -2.48. The van der Waals surface area contributed by atoms with E-state index in [2.05, 4.69) is 10.3 Å². The molecule has 1 N–H and O–H groups in total. The van der Waals surface area contributed by atoms with E-state index in [1.807, 2.05) is 25.1 Å². The number of hydrogen-bond acceptors (Lipinski definition) is 5. The number of sulfone groups is 1. The molecule has 1 atom stereocenters. The average Bonchev–Trinajstić information content (AvgIpc) is 2.59. The first-order valence-electron chi connectivity index (χ1n) is 7.61. The van der Waals surface area contributed by atoms with Crippen molar-refractivity contribution in [3.8, 4) is 0 Å². The number of anilines is 1. The molecule has 2 rings (SSSR count). The van der Waals surface area contributed by atoms with Crippen molar-refractivity contribution in [2.45, 2.75) is 23.6 Å². The number of carbonyl (C=O) groups excluding carboxylic acids is 1. The van der Waals surface area contributed by atoms with Crippen LogP contribution in [0.25, 0.3) is 0 Å². The number of carbonyl (C=O) groups is 1. The summed E-state index contributed by atoms with van der Waals surface area (Å²) in [5.41, 5.74) is 0.755. The van der Waals surface area contributed by atoms with Crippen molar-refractivity contribution in [1.29, 1.82) is 0 Å². The zero-order chi connectivity index (χ0) is 18.6. The number of pyridine rings is 1. The van der Waals surface area contributed by atoms with Gasteiger partial charge >= 0.3 is 0 Å². The van der Waals surface area contributed by atoms with Gasteiger partial charge in [-0.15, -0.1) is 0 Å². The molecule has 6 nitrogen and oxygen atoms in total. The van der Waals surface area contributed by atoms with Gasteiger partial charge in [-0.3, -0.25) is 4.79 Å². The maximum Gasteiger partial charge on any atom is 0.238 e. The highest BCUT2D eigenvalue weighted by Crippen LogP contribution is 2.17. The molecule has 0 aliphatic carbocycles. The van der Waals surface area contributed by atoms with Crippen molar-refractivity contribution in [2.75, 3.05) is 19.0 Å². The molecule has 0 saturated carbocycles. The van der Waals surface area contributed by atoms with Crippen molar-refractivity contribution >= 4 is 21.6 Å². The van der Waals surface area contributed by atoms with Gasteiger partial charge in [-0.2, -0.15) is 0 Å². The van der Waals surface area contributed by atoms with E-state index in [0.717, 1.165) is 35.6 Å². The molecule has 0 spiro atoms. The normalized spacial score (nSPS) is 12.5. The van der Waals surface area contributed by atoms with E-state index in [-0.39, 0.29) is 11.4 Å². The maximum absolute atomic E-state index is 12.9. The molecule has 134 valence electrons. The van der Waals surface area contributed by atoms with Gasteiger partial charge in [0, 0.05) is 26.8 Å². The van der Waals surface area contributed by atoms with Crippen molar-refractivity contribution in [1.82, 2.24) is 10.3 Å². The zero-order valence-corrected chi connectivity index (χ0v) is 15.0. The molecule has 0 bridgehead atoms. The molecule has 0 aliphatic rings. The van der Waals surface area contributed by atoms with Crippen molar-refractivity contribution < 1.29 is 17.6 Å². The van der Waals surface area contributed by atoms with E-state index < -0.39 is 26.8 Å². The lowest BCUT2D eigenvalue weighted by Crippen LogP contribution is -2.37. The van der Waals surface area contributed by atoms with Gasteiger partial charge in [0.2, 0.25) is 5.91 Å². The molecular formula is C17H20FN3O3S. The largest absolute Gasteiger partial charge is 0.363 e. The molecule has 1 heterocycles. The van der Waals surface area contributed by atoms with E-state index in [1.165, 1.54) is 6.92 Å². The molecule has 0 fully saturated rings. The zero-order valence-electron chi connectivity index (χ0n) is 14.2. The molecule has 1 aromatic carbocycles.